The van der Waals surface area contributed by atoms with E-state index in [0.717, 1.165) is 0 Å². The Balaban J connectivity index is 1.28. The molecular weight excluding hydrogens is 629 g/mol. The highest BCUT2D eigenvalue weighted by Gasteiger charge is 2.53. The molecule has 2 aliphatic carbocycles. The average molecular weight is 666 g/mol. The minimum absolute atomic E-state index is 0.0667. The van der Waals surface area contributed by atoms with Crippen molar-refractivity contribution < 1.29 is 0 Å². The van der Waals surface area contributed by atoms with E-state index < -0.39 is 0 Å². The van der Waals surface area contributed by atoms with Gasteiger partial charge in [0.2, 0.25) is 0 Å². The first kappa shape index (κ1) is 28.7. The molecule has 3 aliphatic heterocycles. The lowest BCUT2D eigenvalue weighted by atomic mass is 9.31. The molecule has 7 aromatic rings. The number of para-hydroxylation sites is 2. The van der Waals surface area contributed by atoms with Gasteiger partial charge in [0.25, 0.3) is 6.71 Å². The second kappa shape index (κ2) is 9.46. The summed E-state index contributed by atoms with van der Waals surface area (Å²) in [5.41, 5.74) is 24.7. The summed E-state index contributed by atoms with van der Waals surface area (Å²) in [6.45, 7) is 9.76. The van der Waals surface area contributed by atoms with Gasteiger partial charge in [0.15, 0.2) is 0 Å². The molecule has 0 bridgehead atoms. The molecule has 1 N–H and O–H groups in total. The van der Waals surface area contributed by atoms with Crippen LogP contribution >= 0.6 is 0 Å². The van der Waals surface area contributed by atoms with Crippen LogP contribution in [0, 0.1) is 0 Å². The first-order chi connectivity index (χ1) is 25.4. The summed E-state index contributed by atoms with van der Waals surface area (Å²) in [6.07, 6.45) is 0. The summed E-state index contributed by atoms with van der Waals surface area (Å²) in [6, 6.07) is 52.1. The summed E-state index contributed by atoms with van der Waals surface area (Å²) in [5, 5.41) is 4.35. The van der Waals surface area contributed by atoms with E-state index >= 15 is 0 Å². The number of anilines is 8. The van der Waals surface area contributed by atoms with Gasteiger partial charge in [-0.15, -0.1) is 0 Å². The van der Waals surface area contributed by atoms with Crippen LogP contribution in [0.15, 0.2) is 140 Å². The second-order valence-corrected chi connectivity index (χ2v) is 16.2. The SMILES string of the molecule is CC1(C)c2ccccc2-c2cc3c4c(c21)Nc1c2c(cc5c1C(C)(C)c1ccccc1-5)N(c1ccccc1)c1cccc(c1B42)N3c1ccccc1. The fourth-order valence-corrected chi connectivity index (χ4v) is 10.9. The van der Waals surface area contributed by atoms with Crippen molar-refractivity contribution in [2.45, 2.75) is 38.5 Å². The van der Waals surface area contributed by atoms with Crippen LogP contribution in [0.1, 0.15) is 49.9 Å². The number of nitrogens with zero attached hydrogens (tertiary/aromatic N) is 2. The molecule has 3 heterocycles. The van der Waals surface area contributed by atoms with E-state index in [0.29, 0.717) is 0 Å². The van der Waals surface area contributed by atoms with Crippen LogP contribution in [0.25, 0.3) is 22.3 Å². The zero-order chi connectivity index (χ0) is 34.7. The summed E-state index contributed by atoms with van der Waals surface area (Å²) in [7, 11) is 0. The normalized spacial score (nSPS) is 16.4. The number of hydrogen-bond acceptors (Lipinski definition) is 3. The van der Waals surface area contributed by atoms with Gasteiger partial charge in [0, 0.05) is 56.3 Å². The molecule has 0 atom stereocenters. The molecular formula is C48H36BN3. The molecule has 0 unspecified atom stereocenters. The van der Waals surface area contributed by atoms with Crippen LogP contribution in [0.3, 0.4) is 0 Å². The Kier molecular flexibility index (Phi) is 5.21. The predicted octanol–water partition coefficient (Wildman–Crippen LogP) is 10.4. The van der Waals surface area contributed by atoms with Crippen LogP contribution in [0.5, 0.6) is 0 Å². The molecule has 246 valence electrons. The van der Waals surface area contributed by atoms with Crippen LogP contribution in [-0.2, 0) is 10.8 Å². The van der Waals surface area contributed by atoms with Crippen molar-refractivity contribution in [3.63, 3.8) is 0 Å². The van der Waals surface area contributed by atoms with Gasteiger partial charge in [-0.3, -0.25) is 0 Å². The molecule has 0 fully saturated rings. The molecule has 0 saturated heterocycles. The van der Waals surface area contributed by atoms with Crippen LogP contribution in [-0.4, -0.2) is 6.71 Å². The molecule has 7 aromatic carbocycles. The number of benzene rings is 7. The number of nitrogens with one attached hydrogen (secondary N) is 1. The lowest BCUT2D eigenvalue weighted by molar-refractivity contribution is 0.659. The highest BCUT2D eigenvalue weighted by atomic mass is 15.2. The molecule has 0 aromatic heterocycles. The van der Waals surface area contributed by atoms with Crippen molar-refractivity contribution in [1.29, 1.82) is 0 Å². The summed E-state index contributed by atoms with van der Waals surface area (Å²) in [5.74, 6) is 0. The Labute approximate surface area is 305 Å². The zero-order valence-corrected chi connectivity index (χ0v) is 29.8. The molecule has 3 nitrogen and oxygen atoms in total. The maximum absolute atomic E-state index is 4.35. The first-order valence-electron chi connectivity index (χ1n) is 18.6. The maximum atomic E-state index is 4.35. The maximum Gasteiger partial charge on any atom is 0.257 e. The van der Waals surface area contributed by atoms with Gasteiger partial charge in [-0.2, -0.15) is 0 Å². The van der Waals surface area contributed by atoms with Crippen LogP contribution in [0.2, 0.25) is 0 Å². The van der Waals surface area contributed by atoms with Gasteiger partial charge in [-0.1, -0.05) is 119 Å². The van der Waals surface area contributed by atoms with Crippen LogP contribution in [0.4, 0.5) is 45.5 Å². The number of fused-ring (bicyclic) bond motifs is 8. The fraction of sp³-hybridized carbons (Fsp3) is 0.125. The monoisotopic (exact) mass is 665 g/mol. The predicted molar refractivity (Wildman–Crippen MR) is 219 cm³/mol. The Bertz CT molecular complexity index is 2550. The minimum Gasteiger partial charge on any atom is -0.356 e. The summed E-state index contributed by atoms with van der Waals surface area (Å²) in [4.78, 5) is 5.08. The molecule has 0 amide bonds. The van der Waals surface area contributed by atoms with E-state index in [4.69, 9.17) is 0 Å². The molecule has 5 aliphatic rings. The largest absolute Gasteiger partial charge is 0.356 e. The van der Waals surface area contributed by atoms with E-state index in [1.54, 1.807) is 0 Å². The lowest BCUT2D eigenvalue weighted by Gasteiger charge is -2.48. The third-order valence-electron chi connectivity index (χ3n) is 12.9. The van der Waals surface area contributed by atoms with Crippen molar-refractivity contribution in [1.82, 2.24) is 0 Å². The molecule has 4 heteroatoms. The van der Waals surface area contributed by atoms with E-state index in [9.17, 15) is 0 Å². The Morgan fingerprint density at radius 3 is 1.31 bits per heavy atom. The van der Waals surface area contributed by atoms with Crippen molar-refractivity contribution in [2.24, 2.45) is 0 Å². The van der Waals surface area contributed by atoms with Crippen molar-refractivity contribution in [2.75, 3.05) is 15.1 Å². The number of hydrogen-bond donors (Lipinski definition) is 1. The Morgan fingerprint density at radius 2 is 0.846 bits per heavy atom. The smallest absolute Gasteiger partial charge is 0.257 e. The van der Waals surface area contributed by atoms with Crippen LogP contribution < -0.4 is 31.5 Å². The first-order valence-corrected chi connectivity index (χ1v) is 18.6. The van der Waals surface area contributed by atoms with E-state index in [-0.39, 0.29) is 17.5 Å². The summed E-state index contributed by atoms with van der Waals surface area (Å²) >= 11 is 0. The van der Waals surface area contributed by atoms with Gasteiger partial charge in [-0.05, 0) is 109 Å². The third-order valence-corrected chi connectivity index (χ3v) is 12.9. The van der Waals surface area contributed by atoms with E-state index in [1.165, 1.54) is 106 Å². The Morgan fingerprint density at radius 1 is 0.423 bits per heavy atom. The second-order valence-electron chi connectivity index (χ2n) is 16.2. The van der Waals surface area contributed by atoms with Crippen molar-refractivity contribution in [3.05, 3.63) is 162 Å². The minimum atomic E-state index is -0.178. The van der Waals surface area contributed by atoms with Gasteiger partial charge >= 0.3 is 0 Å². The van der Waals surface area contributed by atoms with E-state index in [1.807, 2.05) is 0 Å². The average Bonchev–Trinajstić information content (AvgIpc) is 3.55. The van der Waals surface area contributed by atoms with Crippen molar-refractivity contribution in [3.8, 4) is 22.3 Å². The standard InChI is InChI=1S/C48H36BN3/c1-47(2)34-22-13-11-20-30(34)32-26-38-43-45(40(32)47)50-46-41-33(31-21-12-14-23-35(31)48(41,3)4)27-39-44(46)49(43)42-36(51(38)28-16-7-5-8-17-28)24-15-25-37(42)52(39)29-18-9-6-10-19-29/h5-27,50H,1-4H3. The highest BCUT2D eigenvalue weighted by Crippen LogP contribution is 2.59. The molecule has 12 rings (SSSR count). The molecule has 0 saturated carbocycles. The third kappa shape index (κ3) is 3.26. The molecule has 52 heavy (non-hydrogen) atoms. The molecule has 0 spiro atoms. The molecule has 0 radical (unpaired) electrons. The quantitative estimate of drug-likeness (QED) is 0.186. The zero-order valence-electron chi connectivity index (χ0n) is 29.8. The van der Waals surface area contributed by atoms with Gasteiger partial charge < -0.3 is 15.1 Å². The fourth-order valence-electron chi connectivity index (χ4n) is 10.9. The Hall–Kier alpha value is -6.00. The lowest BCUT2D eigenvalue weighted by Crippen LogP contribution is -2.64. The van der Waals surface area contributed by atoms with Gasteiger partial charge in [0.1, 0.15) is 0 Å². The summed E-state index contributed by atoms with van der Waals surface area (Å²) < 4.78 is 0. The van der Waals surface area contributed by atoms with E-state index in [2.05, 4.69) is 182 Å². The topological polar surface area (TPSA) is 18.5 Å². The van der Waals surface area contributed by atoms with Gasteiger partial charge in [0.05, 0.1) is 0 Å². The highest BCUT2D eigenvalue weighted by molar-refractivity contribution is 7.02. The van der Waals surface area contributed by atoms with Gasteiger partial charge in [-0.25, -0.2) is 0 Å². The number of rotatable bonds is 2. The van der Waals surface area contributed by atoms with Crippen molar-refractivity contribution >= 4 is 68.6 Å².